The maximum Gasteiger partial charge on any atom is 0.143 e. The van der Waals surface area contributed by atoms with Crippen LogP contribution in [0.5, 0.6) is 5.75 Å². The molecular weight excluding hydrogens is 327 g/mol. The molecule has 7 heteroatoms. The number of ether oxygens (including phenoxy) is 1. The number of hydrogen-bond donors (Lipinski definition) is 2. The van der Waals surface area contributed by atoms with Gasteiger partial charge in [0.25, 0.3) is 0 Å². The van der Waals surface area contributed by atoms with E-state index in [2.05, 4.69) is 0 Å². The average Bonchev–Trinajstić information content (AvgIpc) is 3.04. The molecule has 0 aliphatic carbocycles. The minimum absolute atomic E-state index is 0.0553. The van der Waals surface area contributed by atoms with Crippen molar-refractivity contribution in [1.29, 1.82) is 5.26 Å². The third-order valence-electron chi connectivity index (χ3n) is 3.08. The third kappa shape index (κ3) is 3.96. The van der Waals surface area contributed by atoms with Gasteiger partial charge in [-0.05, 0) is 22.9 Å². The first-order valence-corrected chi connectivity index (χ1v) is 7.81. The van der Waals surface area contributed by atoms with Gasteiger partial charge in [-0.15, -0.1) is 0 Å². The predicted molar refractivity (Wildman–Crippen MR) is 83.5 cm³/mol. The second kappa shape index (κ2) is 7.56. The van der Waals surface area contributed by atoms with Crippen molar-refractivity contribution >= 4 is 22.9 Å². The van der Waals surface area contributed by atoms with Crippen molar-refractivity contribution in [1.82, 2.24) is 0 Å². The molecule has 0 fully saturated rings. The van der Waals surface area contributed by atoms with E-state index in [1.54, 1.807) is 0 Å². The number of aliphatic hydroxyl groups is 1. The Balaban J connectivity index is 2.31. The van der Waals surface area contributed by atoms with Gasteiger partial charge in [-0.2, -0.15) is 16.6 Å². The van der Waals surface area contributed by atoms with Gasteiger partial charge >= 0.3 is 0 Å². The zero-order valence-corrected chi connectivity index (χ0v) is 13.1. The van der Waals surface area contributed by atoms with Crippen LogP contribution in [0.4, 0.5) is 4.39 Å². The molecule has 1 aromatic carbocycles. The van der Waals surface area contributed by atoms with Crippen molar-refractivity contribution in [3.05, 3.63) is 50.9 Å². The zero-order chi connectivity index (χ0) is 16.1. The first-order chi connectivity index (χ1) is 10.5. The molecule has 0 saturated heterocycles. The second-order valence-electron chi connectivity index (χ2n) is 4.72. The van der Waals surface area contributed by atoms with Gasteiger partial charge in [-0.1, -0.05) is 11.6 Å². The largest absolute Gasteiger partial charge is 0.484 e. The number of nitriles is 1. The first kappa shape index (κ1) is 16.7. The van der Waals surface area contributed by atoms with E-state index in [9.17, 15) is 4.39 Å². The Hall–Kier alpha value is -1.65. The summed E-state index contributed by atoms with van der Waals surface area (Å²) >= 11 is 7.25. The molecule has 4 nitrogen and oxygen atoms in total. The lowest BCUT2D eigenvalue weighted by atomic mass is 10.1. The summed E-state index contributed by atoms with van der Waals surface area (Å²) < 4.78 is 19.3. The molecule has 2 aromatic rings. The Bertz CT molecular complexity index is 673. The lowest BCUT2D eigenvalue weighted by molar-refractivity contribution is 0.162. The van der Waals surface area contributed by atoms with Crippen molar-refractivity contribution in [2.45, 2.75) is 18.6 Å². The van der Waals surface area contributed by atoms with Gasteiger partial charge < -0.3 is 15.6 Å². The van der Waals surface area contributed by atoms with Crippen LogP contribution in [0.15, 0.2) is 29.0 Å². The molecule has 3 N–H and O–H groups in total. The summed E-state index contributed by atoms with van der Waals surface area (Å²) in [6.45, 7) is -0.181. The van der Waals surface area contributed by atoms with Crippen LogP contribution in [0, 0.1) is 17.1 Å². The molecule has 0 radical (unpaired) electrons. The van der Waals surface area contributed by atoms with Gasteiger partial charge in [0.1, 0.15) is 23.7 Å². The van der Waals surface area contributed by atoms with Gasteiger partial charge in [0.2, 0.25) is 0 Å². The summed E-state index contributed by atoms with van der Waals surface area (Å²) in [7, 11) is 0. The van der Waals surface area contributed by atoms with Crippen LogP contribution >= 0.6 is 22.9 Å². The van der Waals surface area contributed by atoms with Crippen LogP contribution in [0.2, 0.25) is 5.02 Å². The van der Waals surface area contributed by atoms with E-state index < -0.39 is 18.0 Å². The lowest BCUT2D eigenvalue weighted by Crippen LogP contribution is -2.28. The highest BCUT2D eigenvalue weighted by molar-refractivity contribution is 7.07. The van der Waals surface area contributed by atoms with Crippen molar-refractivity contribution in [3.8, 4) is 11.8 Å². The molecule has 1 heterocycles. The fourth-order valence-corrected chi connectivity index (χ4v) is 2.78. The maximum atomic E-state index is 13.4. The summed E-state index contributed by atoms with van der Waals surface area (Å²) in [6.07, 6.45) is -0.102. The molecule has 0 saturated carbocycles. The van der Waals surface area contributed by atoms with Crippen LogP contribution < -0.4 is 10.5 Å². The Kier molecular flexibility index (Phi) is 5.75. The van der Waals surface area contributed by atoms with E-state index >= 15 is 0 Å². The average molecular weight is 341 g/mol. The van der Waals surface area contributed by atoms with Crippen molar-refractivity contribution < 1.29 is 14.2 Å². The molecule has 2 atom stereocenters. The predicted octanol–water partition coefficient (Wildman–Crippen LogP) is 3.24. The van der Waals surface area contributed by atoms with Gasteiger partial charge in [-0.25, -0.2) is 4.39 Å². The van der Waals surface area contributed by atoms with Crippen molar-refractivity contribution in [2.24, 2.45) is 5.73 Å². The Labute approximate surface area is 136 Å². The summed E-state index contributed by atoms with van der Waals surface area (Å²) in [5.41, 5.74) is 6.71. The number of nitrogens with zero attached hydrogens (tertiary/aromatic N) is 1. The Morgan fingerprint density at radius 2 is 2.27 bits per heavy atom. The Morgan fingerprint density at radius 3 is 2.86 bits per heavy atom. The number of halogens is 2. The number of hydrogen-bond acceptors (Lipinski definition) is 5. The standard InChI is InChI=1S/C15H14ClFN2O2S/c16-12-5-15(10(6-18)3-13(12)17)21-14(4-11(19)7-20)9-1-2-22-8-9/h1-3,5,8,11,14,20H,4,7,19H2/t11-,14+/m0/s1. The quantitative estimate of drug-likeness (QED) is 0.846. The van der Waals surface area contributed by atoms with Gasteiger partial charge in [0, 0.05) is 24.1 Å². The van der Waals surface area contributed by atoms with E-state index in [0.29, 0.717) is 6.42 Å². The van der Waals surface area contributed by atoms with E-state index in [4.69, 9.17) is 32.4 Å². The smallest absolute Gasteiger partial charge is 0.143 e. The van der Waals surface area contributed by atoms with Crippen LogP contribution in [0.1, 0.15) is 23.7 Å². The highest BCUT2D eigenvalue weighted by Crippen LogP contribution is 2.32. The number of nitrogens with two attached hydrogens (primary N) is 1. The normalized spacial score (nSPS) is 13.4. The van der Waals surface area contributed by atoms with Gasteiger partial charge in [-0.3, -0.25) is 0 Å². The number of thiophene rings is 1. The fraction of sp³-hybridized carbons (Fsp3) is 0.267. The molecule has 1 aromatic heterocycles. The number of aliphatic hydroxyl groups excluding tert-OH is 1. The molecule has 0 spiro atoms. The van der Waals surface area contributed by atoms with E-state index in [1.165, 1.54) is 17.4 Å². The van der Waals surface area contributed by atoms with E-state index in [1.807, 2.05) is 22.9 Å². The molecule has 0 aliphatic heterocycles. The molecule has 0 unspecified atom stereocenters. The van der Waals surface area contributed by atoms with E-state index in [-0.39, 0.29) is 22.9 Å². The zero-order valence-electron chi connectivity index (χ0n) is 11.5. The highest BCUT2D eigenvalue weighted by Gasteiger charge is 2.20. The molecule has 2 rings (SSSR count). The Morgan fingerprint density at radius 1 is 1.50 bits per heavy atom. The van der Waals surface area contributed by atoms with Crippen molar-refractivity contribution in [2.75, 3.05) is 6.61 Å². The minimum atomic E-state index is -0.676. The molecule has 0 amide bonds. The summed E-state index contributed by atoms with van der Waals surface area (Å²) in [5.74, 6) is -0.486. The number of rotatable bonds is 6. The topological polar surface area (TPSA) is 79.3 Å². The van der Waals surface area contributed by atoms with Crippen LogP contribution in [0.3, 0.4) is 0 Å². The molecule has 116 valence electrons. The lowest BCUT2D eigenvalue weighted by Gasteiger charge is -2.22. The first-order valence-electron chi connectivity index (χ1n) is 6.49. The van der Waals surface area contributed by atoms with Crippen LogP contribution in [-0.2, 0) is 0 Å². The summed E-state index contributed by atoms with van der Waals surface area (Å²) in [5, 5.41) is 21.9. The van der Waals surface area contributed by atoms with Crippen molar-refractivity contribution in [3.63, 3.8) is 0 Å². The molecule has 22 heavy (non-hydrogen) atoms. The minimum Gasteiger partial charge on any atom is -0.484 e. The fourth-order valence-electron chi connectivity index (χ4n) is 1.93. The van der Waals surface area contributed by atoms with E-state index in [0.717, 1.165) is 11.6 Å². The molecular formula is C15H14ClFN2O2S. The van der Waals surface area contributed by atoms with Gasteiger partial charge in [0.15, 0.2) is 0 Å². The second-order valence-corrected chi connectivity index (χ2v) is 5.90. The summed E-state index contributed by atoms with van der Waals surface area (Å²) in [6, 6.07) is 5.60. The number of benzene rings is 1. The third-order valence-corrected chi connectivity index (χ3v) is 4.07. The van der Waals surface area contributed by atoms with Crippen LogP contribution in [-0.4, -0.2) is 17.8 Å². The highest BCUT2D eigenvalue weighted by atomic mass is 35.5. The van der Waals surface area contributed by atoms with Gasteiger partial charge in [0.05, 0.1) is 17.2 Å². The molecule has 0 aliphatic rings. The van der Waals surface area contributed by atoms with Crippen LogP contribution in [0.25, 0.3) is 0 Å². The monoisotopic (exact) mass is 340 g/mol. The SMILES string of the molecule is N#Cc1cc(F)c(Cl)cc1O[C@H](C[C@H](N)CO)c1ccsc1. The maximum absolute atomic E-state index is 13.4. The summed E-state index contributed by atoms with van der Waals surface area (Å²) in [4.78, 5) is 0. The molecule has 0 bridgehead atoms.